The van der Waals surface area contributed by atoms with Crippen LogP contribution in [0.4, 0.5) is 0 Å². The molecular weight excluding hydrogens is 556 g/mol. The summed E-state index contributed by atoms with van der Waals surface area (Å²) in [6, 6.07) is 0. The summed E-state index contributed by atoms with van der Waals surface area (Å²) in [5.74, 6) is -7.30. The molecule has 0 radical (unpaired) electrons. The lowest BCUT2D eigenvalue weighted by Crippen LogP contribution is -2.66. The molecule has 0 aromatic rings. The molecule has 3 rings (SSSR count). The quantitative estimate of drug-likeness (QED) is 0.275. The van der Waals surface area contributed by atoms with Crippen molar-refractivity contribution in [2.75, 3.05) is 7.11 Å². The second-order valence-corrected chi connectivity index (χ2v) is 11.2. The van der Waals surface area contributed by atoms with Crippen molar-refractivity contribution in [3.05, 3.63) is 23.8 Å². The number of ether oxygens (including phenoxy) is 6. The lowest BCUT2D eigenvalue weighted by atomic mass is 9.54. The number of aliphatic hydroxyl groups is 1. The third kappa shape index (κ3) is 5.92. The predicted octanol–water partition coefficient (Wildman–Crippen LogP) is 1.48. The third-order valence-corrected chi connectivity index (χ3v) is 8.47. The van der Waals surface area contributed by atoms with Crippen LogP contribution in [-0.4, -0.2) is 84.2 Å². The molecule has 1 saturated heterocycles. The average molecular weight is 595 g/mol. The predicted molar refractivity (Wildman–Crippen MR) is 141 cm³/mol. The number of hydrogen-bond acceptors (Lipinski definition) is 13. The van der Waals surface area contributed by atoms with E-state index in [1.807, 2.05) is 0 Å². The van der Waals surface area contributed by atoms with Crippen LogP contribution in [-0.2, 0) is 57.2 Å². The summed E-state index contributed by atoms with van der Waals surface area (Å²) in [7, 11) is 1.08. The summed E-state index contributed by atoms with van der Waals surface area (Å²) in [6.45, 7) is 11.7. The van der Waals surface area contributed by atoms with Crippen LogP contribution in [0.3, 0.4) is 0 Å². The highest BCUT2D eigenvalue weighted by molar-refractivity contribution is 5.90. The molecule has 1 aliphatic heterocycles. The average Bonchev–Trinajstić information content (AvgIpc) is 3.09. The molecule has 0 unspecified atom stereocenters. The van der Waals surface area contributed by atoms with E-state index in [0.29, 0.717) is 5.57 Å². The molecule has 0 spiro atoms. The zero-order valence-corrected chi connectivity index (χ0v) is 24.8. The van der Waals surface area contributed by atoms with Crippen LogP contribution in [0.5, 0.6) is 0 Å². The van der Waals surface area contributed by atoms with E-state index in [9.17, 15) is 33.9 Å². The molecule has 13 heteroatoms. The lowest BCUT2D eigenvalue weighted by Gasteiger charge is -2.55. The first kappa shape index (κ1) is 32.8. The van der Waals surface area contributed by atoms with Crippen molar-refractivity contribution in [2.24, 2.45) is 17.3 Å². The van der Waals surface area contributed by atoms with Gasteiger partial charge in [0.1, 0.15) is 24.4 Å². The maximum Gasteiger partial charge on any atom is 0.337 e. The molecule has 3 aliphatic rings. The van der Waals surface area contributed by atoms with Gasteiger partial charge in [-0.1, -0.05) is 19.1 Å². The first-order valence-corrected chi connectivity index (χ1v) is 13.6. The van der Waals surface area contributed by atoms with E-state index in [2.05, 4.69) is 6.58 Å². The van der Waals surface area contributed by atoms with Gasteiger partial charge in [-0.3, -0.25) is 24.0 Å². The van der Waals surface area contributed by atoms with E-state index in [1.165, 1.54) is 13.8 Å². The fraction of sp³-hybridized carbons (Fsp3) is 0.655. The Morgan fingerprint density at radius 1 is 0.952 bits per heavy atom. The van der Waals surface area contributed by atoms with E-state index in [4.69, 9.17) is 28.4 Å². The number of fused-ring (bicyclic) bond motifs is 2. The van der Waals surface area contributed by atoms with Gasteiger partial charge in [0.15, 0.2) is 11.7 Å². The van der Waals surface area contributed by atoms with Crippen molar-refractivity contribution in [3.63, 3.8) is 0 Å². The second kappa shape index (κ2) is 12.2. The minimum atomic E-state index is -2.33. The second-order valence-electron chi connectivity index (χ2n) is 11.2. The molecule has 0 aromatic heterocycles. The zero-order chi connectivity index (χ0) is 31.7. The Kier molecular flexibility index (Phi) is 9.55. The fourth-order valence-electron chi connectivity index (χ4n) is 6.55. The van der Waals surface area contributed by atoms with Crippen molar-refractivity contribution >= 4 is 35.8 Å². The summed E-state index contributed by atoms with van der Waals surface area (Å²) in [4.78, 5) is 75.8. The van der Waals surface area contributed by atoms with E-state index in [-0.39, 0.29) is 24.8 Å². The first-order chi connectivity index (χ1) is 19.5. The number of hydrogen-bond donors (Lipinski definition) is 1. The zero-order valence-electron chi connectivity index (χ0n) is 24.8. The van der Waals surface area contributed by atoms with Gasteiger partial charge in [0.2, 0.25) is 0 Å². The van der Waals surface area contributed by atoms with Crippen molar-refractivity contribution < 1.29 is 62.3 Å². The summed E-state index contributed by atoms with van der Waals surface area (Å²) in [5, 5.41) is 12.4. The fourth-order valence-corrected chi connectivity index (χ4v) is 6.55. The Labute approximate surface area is 243 Å². The van der Waals surface area contributed by atoms with E-state index in [0.717, 1.165) is 34.0 Å². The van der Waals surface area contributed by atoms with Crippen molar-refractivity contribution in [3.8, 4) is 0 Å². The molecule has 0 bridgehead atoms. The Morgan fingerprint density at radius 2 is 1.50 bits per heavy atom. The monoisotopic (exact) mass is 594 g/mol. The van der Waals surface area contributed by atoms with Crippen LogP contribution in [0.2, 0.25) is 0 Å². The normalized spacial score (nSPS) is 36.2. The van der Waals surface area contributed by atoms with Gasteiger partial charge < -0.3 is 33.5 Å². The maximum absolute atomic E-state index is 13.1. The van der Waals surface area contributed by atoms with Crippen LogP contribution in [0.1, 0.15) is 60.8 Å². The summed E-state index contributed by atoms with van der Waals surface area (Å²) < 4.78 is 33.3. The molecule has 2 fully saturated rings. The highest BCUT2D eigenvalue weighted by Crippen LogP contribution is 2.56. The molecule has 2 aliphatic carbocycles. The van der Waals surface area contributed by atoms with Crippen molar-refractivity contribution in [2.45, 2.75) is 96.9 Å². The van der Waals surface area contributed by atoms with Gasteiger partial charge >= 0.3 is 35.8 Å². The number of esters is 6. The van der Waals surface area contributed by atoms with Crippen molar-refractivity contribution in [1.82, 2.24) is 0 Å². The van der Waals surface area contributed by atoms with Gasteiger partial charge in [0.05, 0.1) is 24.0 Å². The van der Waals surface area contributed by atoms with Crippen LogP contribution >= 0.6 is 0 Å². The van der Waals surface area contributed by atoms with Gasteiger partial charge in [-0.05, 0) is 25.8 Å². The Balaban J connectivity index is 2.49. The molecule has 13 nitrogen and oxygen atoms in total. The molecule has 42 heavy (non-hydrogen) atoms. The number of carbonyl (C=O) groups is 6. The van der Waals surface area contributed by atoms with Crippen LogP contribution in [0, 0.1) is 17.3 Å². The molecule has 232 valence electrons. The number of methoxy groups -OCH3 is 1. The van der Waals surface area contributed by atoms with E-state index < -0.39 is 89.2 Å². The molecule has 0 amide bonds. The van der Waals surface area contributed by atoms with Crippen LogP contribution in [0.15, 0.2) is 23.8 Å². The topological polar surface area (TPSA) is 178 Å². The number of rotatable bonds is 5. The molecule has 1 heterocycles. The minimum absolute atomic E-state index is 0.209. The Hall–Kier alpha value is -3.74. The lowest BCUT2D eigenvalue weighted by molar-refractivity contribution is -0.222. The standard InChI is InChI=1S/C29H38O13/c1-13-9-10-21(39-16(4)31)28(7)22(40-17(5)32)12-20(38-15(3)30)19(27(35)37-8)11-23-29(36,14(2)26(34)42-23)25(24(13)28)41-18(6)33/h11,14,20-25,36H,1,9-10,12H2,2-8H3/t14-,20+,21-,22-,23-,24+,25-,28+,29-/m0/s1. The molecule has 1 N–H and O–H groups in total. The molecule has 0 aromatic carbocycles. The first-order valence-electron chi connectivity index (χ1n) is 13.6. The minimum Gasteiger partial charge on any atom is -0.466 e. The summed E-state index contributed by atoms with van der Waals surface area (Å²) in [6.07, 6.45) is -5.68. The maximum atomic E-state index is 13.1. The van der Waals surface area contributed by atoms with E-state index in [1.54, 1.807) is 6.92 Å². The molecular formula is C29H38O13. The molecule has 9 atom stereocenters. The summed E-state index contributed by atoms with van der Waals surface area (Å²) in [5.41, 5.74) is -3.72. The largest absolute Gasteiger partial charge is 0.466 e. The summed E-state index contributed by atoms with van der Waals surface area (Å²) >= 11 is 0. The van der Waals surface area contributed by atoms with Gasteiger partial charge in [0.25, 0.3) is 0 Å². The van der Waals surface area contributed by atoms with Gasteiger partial charge in [0, 0.05) is 40.0 Å². The third-order valence-electron chi connectivity index (χ3n) is 8.47. The highest BCUT2D eigenvalue weighted by atomic mass is 16.6. The smallest absolute Gasteiger partial charge is 0.337 e. The van der Waals surface area contributed by atoms with E-state index >= 15 is 0 Å². The van der Waals surface area contributed by atoms with Gasteiger partial charge in [-0.15, -0.1) is 0 Å². The van der Waals surface area contributed by atoms with Gasteiger partial charge in [-0.25, -0.2) is 4.79 Å². The van der Waals surface area contributed by atoms with Crippen LogP contribution < -0.4 is 0 Å². The Morgan fingerprint density at radius 3 is 2.02 bits per heavy atom. The van der Waals surface area contributed by atoms with Gasteiger partial charge in [-0.2, -0.15) is 0 Å². The SMILES string of the molecule is C=C1CC[C@H](OC(C)=O)[C@]2(C)[C@@H](OC(C)=O)C[C@@H](OC(C)=O)C(C(=O)OC)=C[C@@H]3OC(=O)[C@H](C)[C@@]3(O)[C@@H](OC(C)=O)[C@@H]12. The van der Waals surface area contributed by atoms with Crippen LogP contribution in [0.25, 0.3) is 0 Å². The van der Waals surface area contributed by atoms with Crippen molar-refractivity contribution in [1.29, 1.82) is 0 Å². The Bertz CT molecular complexity index is 1200. The highest BCUT2D eigenvalue weighted by Gasteiger charge is 2.68. The number of carbonyl (C=O) groups excluding carboxylic acids is 6. The molecule has 1 saturated carbocycles.